The van der Waals surface area contributed by atoms with Crippen LogP contribution >= 0.6 is 0 Å². The van der Waals surface area contributed by atoms with Crippen LogP contribution in [0.2, 0.25) is 0 Å². The van der Waals surface area contributed by atoms with Crippen LogP contribution in [-0.2, 0) is 4.79 Å². The second-order valence-electron chi connectivity index (χ2n) is 5.23. The van der Waals surface area contributed by atoms with Crippen LogP contribution < -0.4 is 10.5 Å². The number of amides is 1. The van der Waals surface area contributed by atoms with E-state index in [-0.39, 0.29) is 11.9 Å². The zero-order valence-electron chi connectivity index (χ0n) is 12.8. The molecule has 1 amide bonds. The molecule has 0 radical (unpaired) electrons. The third-order valence-corrected chi connectivity index (χ3v) is 3.24. The third kappa shape index (κ3) is 6.06. The number of aryl methyl sites for hydroxylation is 1. The molecule has 1 atom stereocenters. The van der Waals surface area contributed by atoms with Gasteiger partial charge in [-0.1, -0.05) is 31.0 Å². The number of hydrogen-bond acceptors (Lipinski definition) is 3. The Balaban J connectivity index is 2.26. The lowest BCUT2D eigenvalue weighted by atomic mass is 10.1. The molecule has 4 nitrogen and oxygen atoms in total. The standard InChI is InChI=1S/C16H26N2O2/c1-4-5-14(17)12-16(19)18(3)10-11-20-15-8-6-13(2)7-9-15/h6-9,14H,4-5,10-12,17H2,1-3H3. The summed E-state index contributed by atoms with van der Waals surface area (Å²) in [4.78, 5) is 13.6. The van der Waals surface area contributed by atoms with E-state index in [2.05, 4.69) is 6.92 Å². The first kappa shape index (κ1) is 16.5. The van der Waals surface area contributed by atoms with Crippen molar-refractivity contribution in [3.63, 3.8) is 0 Å². The van der Waals surface area contributed by atoms with Gasteiger partial charge in [-0.15, -0.1) is 0 Å². The first-order chi connectivity index (χ1) is 9.52. The Morgan fingerprint density at radius 2 is 2.00 bits per heavy atom. The van der Waals surface area contributed by atoms with Gasteiger partial charge in [0.05, 0.1) is 6.54 Å². The maximum absolute atomic E-state index is 11.9. The normalized spacial score (nSPS) is 12.0. The van der Waals surface area contributed by atoms with E-state index in [1.165, 1.54) is 5.56 Å². The number of benzene rings is 1. The third-order valence-electron chi connectivity index (χ3n) is 3.24. The Kier molecular flexibility index (Phi) is 7.09. The van der Waals surface area contributed by atoms with E-state index >= 15 is 0 Å². The van der Waals surface area contributed by atoms with Gasteiger partial charge in [0, 0.05) is 19.5 Å². The Hall–Kier alpha value is -1.55. The fourth-order valence-corrected chi connectivity index (χ4v) is 1.91. The molecule has 0 fully saturated rings. The SMILES string of the molecule is CCCC(N)CC(=O)N(C)CCOc1ccc(C)cc1. The highest BCUT2D eigenvalue weighted by molar-refractivity contribution is 5.76. The topological polar surface area (TPSA) is 55.6 Å². The Bertz CT molecular complexity index is 403. The lowest BCUT2D eigenvalue weighted by Crippen LogP contribution is -2.35. The molecule has 0 aliphatic heterocycles. The molecule has 2 N–H and O–H groups in total. The molecule has 1 aromatic carbocycles. The van der Waals surface area contributed by atoms with Gasteiger partial charge in [-0.3, -0.25) is 4.79 Å². The molecule has 1 unspecified atom stereocenters. The summed E-state index contributed by atoms with van der Waals surface area (Å²) < 4.78 is 5.61. The minimum absolute atomic E-state index is 0.0343. The summed E-state index contributed by atoms with van der Waals surface area (Å²) in [6.45, 7) is 5.18. The number of nitrogens with two attached hydrogens (primary N) is 1. The van der Waals surface area contributed by atoms with Crippen LogP contribution in [0.5, 0.6) is 5.75 Å². The van der Waals surface area contributed by atoms with Crippen molar-refractivity contribution in [1.29, 1.82) is 0 Å². The van der Waals surface area contributed by atoms with Gasteiger partial charge < -0.3 is 15.4 Å². The number of rotatable bonds is 8. The first-order valence-corrected chi connectivity index (χ1v) is 7.22. The van der Waals surface area contributed by atoms with Crippen LogP contribution in [0.1, 0.15) is 31.7 Å². The van der Waals surface area contributed by atoms with Gasteiger partial charge in [0.25, 0.3) is 0 Å². The Labute approximate surface area is 121 Å². The zero-order chi connectivity index (χ0) is 15.0. The summed E-state index contributed by atoms with van der Waals surface area (Å²) >= 11 is 0. The predicted octanol–water partition coefficient (Wildman–Crippen LogP) is 2.35. The molecule has 0 heterocycles. The van der Waals surface area contributed by atoms with Crippen LogP contribution in [0.3, 0.4) is 0 Å². The van der Waals surface area contributed by atoms with Crippen molar-refractivity contribution in [3.8, 4) is 5.75 Å². The van der Waals surface area contributed by atoms with Crippen LogP contribution in [0.25, 0.3) is 0 Å². The van der Waals surface area contributed by atoms with E-state index in [0.717, 1.165) is 18.6 Å². The molecule has 0 bridgehead atoms. The van der Waals surface area contributed by atoms with E-state index in [1.54, 1.807) is 11.9 Å². The predicted molar refractivity (Wildman–Crippen MR) is 81.8 cm³/mol. The van der Waals surface area contributed by atoms with Gasteiger partial charge >= 0.3 is 0 Å². The molecule has 0 aliphatic carbocycles. The van der Waals surface area contributed by atoms with Gasteiger partial charge in [-0.2, -0.15) is 0 Å². The number of ether oxygens (including phenoxy) is 1. The average molecular weight is 278 g/mol. The van der Waals surface area contributed by atoms with Crippen molar-refractivity contribution in [3.05, 3.63) is 29.8 Å². The van der Waals surface area contributed by atoms with E-state index < -0.39 is 0 Å². The fraction of sp³-hybridized carbons (Fsp3) is 0.562. The number of hydrogen-bond donors (Lipinski definition) is 1. The lowest BCUT2D eigenvalue weighted by Gasteiger charge is -2.19. The quantitative estimate of drug-likeness (QED) is 0.794. The van der Waals surface area contributed by atoms with Crippen LogP contribution in [0.4, 0.5) is 0 Å². The second kappa shape index (κ2) is 8.59. The lowest BCUT2D eigenvalue weighted by molar-refractivity contribution is -0.130. The summed E-state index contributed by atoms with van der Waals surface area (Å²) in [7, 11) is 1.79. The highest BCUT2D eigenvalue weighted by Gasteiger charge is 2.13. The molecule has 0 spiro atoms. The summed E-state index contributed by atoms with van der Waals surface area (Å²) in [5, 5.41) is 0. The summed E-state index contributed by atoms with van der Waals surface area (Å²) in [6.07, 6.45) is 2.31. The fourth-order valence-electron chi connectivity index (χ4n) is 1.91. The maximum atomic E-state index is 11.9. The monoisotopic (exact) mass is 278 g/mol. The summed E-state index contributed by atoms with van der Waals surface area (Å²) in [6, 6.07) is 7.86. The molecule has 0 aliphatic rings. The maximum Gasteiger partial charge on any atom is 0.223 e. The van der Waals surface area contributed by atoms with Crippen molar-refractivity contribution in [1.82, 2.24) is 4.90 Å². The van der Waals surface area contributed by atoms with Gasteiger partial charge in [-0.05, 0) is 25.5 Å². The molecule has 0 aromatic heterocycles. The molecule has 0 saturated heterocycles. The summed E-state index contributed by atoms with van der Waals surface area (Å²) in [5.41, 5.74) is 7.08. The largest absolute Gasteiger partial charge is 0.492 e. The smallest absolute Gasteiger partial charge is 0.223 e. The number of carbonyl (C=O) groups is 1. The van der Waals surface area contributed by atoms with Crippen molar-refractivity contribution < 1.29 is 9.53 Å². The van der Waals surface area contributed by atoms with Gasteiger partial charge in [0.15, 0.2) is 0 Å². The Morgan fingerprint density at radius 3 is 2.60 bits per heavy atom. The zero-order valence-corrected chi connectivity index (χ0v) is 12.8. The van der Waals surface area contributed by atoms with Crippen molar-refractivity contribution >= 4 is 5.91 Å². The molecule has 112 valence electrons. The van der Waals surface area contributed by atoms with Gasteiger partial charge in [0.2, 0.25) is 5.91 Å². The van der Waals surface area contributed by atoms with Crippen molar-refractivity contribution in [2.24, 2.45) is 5.73 Å². The summed E-state index contributed by atoms with van der Waals surface area (Å²) in [5.74, 6) is 0.914. The van der Waals surface area contributed by atoms with Crippen LogP contribution in [0.15, 0.2) is 24.3 Å². The number of carbonyl (C=O) groups excluding carboxylic acids is 1. The van der Waals surface area contributed by atoms with Crippen LogP contribution in [-0.4, -0.2) is 37.0 Å². The van der Waals surface area contributed by atoms with Crippen molar-refractivity contribution in [2.75, 3.05) is 20.2 Å². The Morgan fingerprint density at radius 1 is 1.35 bits per heavy atom. The highest BCUT2D eigenvalue weighted by Crippen LogP contribution is 2.11. The van der Waals surface area contributed by atoms with Crippen molar-refractivity contribution in [2.45, 2.75) is 39.2 Å². The molecule has 4 heteroatoms. The van der Waals surface area contributed by atoms with Gasteiger partial charge in [-0.25, -0.2) is 0 Å². The average Bonchev–Trinajstić information content (AvgIpc) is 2.41. The van der Waals surface area contributed by atoms with E-state index in [4.69, 9.17) is 10.5 Å². The molecule has 1 rings (SSSR count). The number of nitrogens with zero attached hydrogens (tertiary/aromatic N) is 1. The van der Waals surface area contributed by atoms with E-state index in [1.807, 2.05) is 31.2 Å². The number of likely N-dealkylation sites (N-methyl/N-ethyl adjacent to an activating group) is 1. The molecular weight excluding hydrogens is 252 g/mol. The van der Waals surface area contributed by atoms with E-state index in [0.29, 0.717) is 19.6 Å². The van der Waals surface area contributed by atoms with E-state index in [9.17, 15) is 4.79 Å². The molecule has 20 heavy (non-hydrogen) atoms. The highest BCUT2D eigenvalue weighted by atomic mass is 16.5. The van der Waals surface area contributed by atoms with Gasteiger partial charge in [0.1, 0.15) is 12.4 Å². The molecular formula is C16H26N2O2. The minimum Gasteiger partial charge on any atom is -0.492 e. The minimum atomic E-state index is -0.0343. The van der Waals surface area contributed by atoms with Crippen LogP contribution in [0, 0.1) is 6.92 Å². The molecule has 0 saturated carbocycles. The molecule has 1 aromatic rings. The second-order valence-corrected chi connectivity index (χ2v) is 5.23. The first-order valence-electron chi connectivity index (χ1n) is 7.22.